The Hall–Kier alpha value is -1.85. The zero-order valence-corrected chi connectivity index (χ0v) is 17.7. The van der Waals surface area contributed by atoms with Gasteiger partial charge < -0.3 is 19.5 Å². The van der Waals surface area contributed by atoms with Crippen molar-refractivity contribution in [1.82, 2.24) is 4.90 Å². The molecule has 2 N–H and O–H groups in total. The van der Waals surface area contributed by atoms with Gasteiger partial charge in [0.1, 0.15) is 5.76 Å². The molecule has 0 atom stereocenters. The molecule has 4 nitrogen and oxygen atoms in total. The molecule has 2 heterocycles. The van der Waals surface area contributed by atoms with Gasteiger partial charge in [-0.1, -0.05) is 18.2 Å². The van der Waals surface area contributed by atoms with Crippen LogP contribution < -0.4 is 10.2 Å². The second-order valence-electron chi connectivity index (χ2n) is 7.95. The Labute approximate surface area is 168 Å². The summed E-state index contributed by atoms with van der Waals surface area (Å²) in [5, 5.41) is 4.32. The van der Waals surface area contributed by atoms with E-state index in [9.17, 15) is 0 Å². The van der Waals surface area contributed by atoms with Gasteiger partial charge in [-0.2, -0.15) is 0 Å². The van der Waals surface area contributed by atoms with Crippen molar-refractivity contribution >= 4 is 23.0 Å². The lowest BCUT2D eigenvalue weighted by Gasteiger charge is -2.39. The molecule has 2 aromatic rings. The molecule has 1 aliphatic rings. The largest absolute Gasteiger partial charge is 0.467 e. The summed E-state index contributed by atoms with van der Waals surface area (Å²) in [6.45, 7) is 12.0. The summed E-state index contributed by atoms with van der Waals surface area (Å²) >= 11 is 5.88. The van der Waals surface area contributed by atoms with E-state index >= 15 is 0 Å². The molecular weight excluding hydrogens is 354 g/mol. The van der Waals surface area contributed by atoms with Crippen molar-refractivity contribution in [2.24, 2.45) is 0 Å². The Morgan fingerprint density at radius 1 is 1.19 bits per heavy atom. The van der Waals surface area contributed by atoms with E-state index in [1.165, 1.54) is 24.2 Å². The number of benzene rings is 1. The summed E-state index contributed by atoms with van der Waals surface area (Å²) in [5.74, 6) is 0.958. The molecule has 0 bridgehead atoms. The van der Waals surface area contributed by atoms with Crippen LogP contribution in [0.1, 0.15) is 43.6 Å². The topological polar surface area (TPSA) is 32.9 Å². The highest BCUT2D eigenvalue weighted by Crippen LogP contribution is 2.22. The van der Waals surface area contributed by atoms with E-state index in [4.69, 9.17) is 16.6 Å². The third-order valence-corrected chi connectivity index (χ3v) is 6.07. The van der Waals surface area contributed by atoms with Crippen molar-refractivity contribution in [3.8, 4) is 0 Å². The Balaban J connectivity index is 1.76. The summed E-state index contributed by atoms with van der Waals surface area (Å²) in [5.41, 5.74) is 3.56. The molecule has 0 spiro atoms. The van der Waals surface area contributed by atoms with Crippen molar-refractivity contribution in [3.05, 3.63) is 53.5 Å². The fraction of sp³-hybridized carbons (Fsp3) is 0.500. The predicted octanol–water partition coefficient (Wildman–Crippen LogP) is 3.55. The SMILES string of the molecule is Cc1cccc(C)c1NC(=S)N(Cc1ccco1)C1CC[NH+](C(C)C)CC1. The second kappa shape index (κ2) is 8.89. The number of anilines is 1. The van der Waals surface area contributed by atoms with E-state index in [0.717, 1.165) is 29.4 Å². The van der Waals surface area contributed by atoms with Crippen LogP contribution in [0.4, 0.5) is 5.69 Å². The first kappa shape index (κ1) is 19.9. The molecular formula is C22H32N3OS+. The van der Waals surface area contributed by atoms with Crippen molar-refractivity contribution in [1.29, 1.82) is 0 Å². The van der Waals surface area contributed by atoms with E-state index in [2.05, 4.69) is 56.1 Å². The number of piperidine rings is 1. The number of nitrogens with one attached hydrogen (secondary N) is 2. The second-order valence-corrected chi connectivity index (χ2v) is 8.34. The van der Waals surface area contributed by atoms with Gasteiger partial charge in [-0.05, 0) is 63.2 Å². The molecule has 1 aliphatic heterocycles. The number of aryl methyl sites for hydroxylation is 2. The molecule has 3 rings (SSSR count). The number of furan rings is 1. The van der Waals surface area contributed by atoms with E-state index in [-0.39, 0.29) is 0 Å². The van der Waals surface area contributed by atoms with Gasteiger partial charge in [-0.25, -0.2) is 0 Å². The van der Waals surface area contributed by atoms with Crippen molar-refractivity contribution in [3.63, 3.8) is 0 Å². The zero-order chi connectivity index (χ0) is 19.4. The Bertz CT molecular complexity index is 729. The molecule has 0 unspecified atom stereocenters. The van der Waals surface area contributed by atoms with Gasteiger partial charge in [0, 0.05) is 24.6 Å². The maximum absolute atomic E-state index is 5.88. The van der Waals surface area contributed by atoms with Crippen LogP contribution in [0.3, 0.4) is 0 Å². The highest BCUT2D eigenvalue weighted by molar-refractivity contribution is 7.80. The summed E-state index contributed by atoms with van der Waals surface area (Å²) in [4.78, 5) is 4.02. The van der Waals surface area contributed by atoms with Crippen molar-refractivity contribution in [2.75, 3.05) is 18.4 Å². The third-order valence-electron chi connectivity index (χ3n) is 5.73. The summed E-state index contributed by atoms with van der Waals surface area (Å²) < 4.78 is 5.63. The fourth-order valence-electron chi connectivity index (χ4n) is 3.99. The quantitative estimate of drug-likeness (QED) is 0.770. The summed E-state index contributed by atoms with van der Waals surface area (Å²) in [6.07, 6.45) is 4.05. The minimum absolute atomic E-state index is 0.446. The van der Waals surface area contributed by atoms with Gasteiger partial charge in [0.2, 0.25) is 0 Å². The monoisotopic (exact) mass is 386 g/mol. The number of likely N-dealkylation sites (tertiary alicyclic amines) is 1. The molecule has 0 saturated carbocycles. The Kier molecular flexibility index (Phi) is 6.55. The van der Waals surface area contributed by atoms with Gasteiger partial charge in [-0.3, -0.25) is 0 Å². The number of hydrogen-bond donors (Lipinski definition) is 2. The molecule has 0 aliphatic carbocycles. The van der Waals surface area contributed by atoms with Crippen molar-refractivity contribution in [2.45, 2.75) is 59.2 Å². The van der Waals surface area contributed by atoms with Gasteiger partial charge in [-0.15, -0.1) is 0 Å². The van der Waals surface area contributed by atoms with Gasteiger partial charge in [0.25, 0.3) is 0 Å². The van der Waals surface area contributed by atoms with Crippen LogP contribution in [0.25, 0.3) is 0 Å². The maximum Gasteiger partial charge on any atom is 0.174 e. The van der Waals surface area contributed by atoms with Crippen LogP contribution >= 0.6 is 12.2 Å². The number of thiocarbonyl (C=S) groups is 1. The number of hydrogen-bond acceptors (Lipinski definition) is 2. The predicted molar refractivity (Wildman–Crippen MR) is 115 cm³/mol. The Morgan fingerprint density at radius 2 is 1.85 bits per heavy atom. The minimum atomic E-state index is 0.446. The average molecular weight is 387 g/mol. The smallest absolute Gasteiger partial charge is 0.174 e. The lowest BCUT2D eigenvalue weighted by atomic mass is 10.0. The first-order valence-electron chi connectivity index (χ1n) is 9.96. The fourth-order valence-corrected chi connectivity index (χ4v) is 4.31. The maximum atomic E-state index is 5.88. The average Bonchev–Trinajstić information content (AvgIpc) is 3.16. The molecule has 1 aromatic heterocycles. The lowest BCUT2D eigenvalue weighted by Crippen LogP contribution is -3.16. The standard InChI is InChI=1S/C22H31N3OS/c1-16(2)24-12-10-19(11-13-24)25(15-20-9-6-14-26-20)22(27)23-21-17(3)7-5-8-18(21)4/h5-9,14,16,19H,10-13,15H2,1-4H3,(H,23,27)/p+1. The van der Waals surface area contributed by atoms with E-state index in [0.29, 0.717) is 18.6 Å². The Morgan fingerprint density at radius 3 is 2.41 bits per heavy atom. The minimum Gasteiger partial charge on any atom is -0.467 e. The van der Waals surface area contributed by atoms with E-state index in [1.807, 2.05) is 12.1 Å². The van der Waals surface area contributed by atoms with Crippen LogP contribution in [-0.4, -0.2) is 35.2 Å². The first-order valence-corrected chi connectivity index (χ1v) is 10.4. The van der Waals surface area contributed by atoms with Crippen LogP contribution in [0.2, 0.25) is 0 Å². The van der Waals surface area contributed by atoms with Crippen LogP contribution in [0, 0.1) is 13.8 Å². The molecule has 0 amide bonds. The van der Waals surface area contributed by atoms with E-state index in [1.54, 1.807) is 11.2 Å². The van der Waals surface area contributed by atoms with Gasteiger partial charge in [0.05, 0.1) is 31.9 Å². The molecule has 1 aromatic carbocycles. The molecule has 27 heavy (non-hydrogen) atoms. The summed E-state index contributed by atoms with van der Waals surface area (Å²) in [7, 11) is 0. The third kappa shape index (κ3) is 4.90. The van der Waals surface area contributed by atoms with Crippen LogP contribution in [0.5, 0.6) is 0 Å². The normalized spacial score (nSPS) is 19.9. The molecule has 1 fully saturated rings. The van der Waals surface area contributed by atoms with Gasteiger partial charge >= 0.3 is 0 Å². The first-order chi connectivity index (χ1) is 13.0. The molecule has 1 saturated heterocycles. The number of rotatable bonds is 5. The highest BCUT2D eigenvalue weighted by atomic mass is 32.1. The molecule has 146 valence electrons. The molecule has 0 radical (unpaired) electrons. The number of para-hydroxylation sites is 1. The summed E-state index contributed by atoms with van der Waals surface area (Å²) in [6, 6.07) is 11.4. The van der Waals surface area contributed by atoms with Crippen molar-refractivity contribution < 1.29 is 9.32 Å². The van der Waals surface area contributed by atoms with Gasteiger partial charge in [0.15, 0.2) is 5.11 Å². The van der Waals surface area contributed by atoms with Crippen LogP contribution in [-0.2, 0) is 6.54 Å². The number of nitrogens with zero attached hydrogens (tertiary/aromatic N) is 1. The zero-order valence-electron chi connectivity index (χ0n) is 16.9. The molecule has 5 heteroatoms. The van der Waals surface area contributed by atoms with E-state index < -0.39 is 0 Å². The highest BCUT2D eigenvalue weighted by Gasteiger charge is 2.30. The van der Waals surface area contributed by atoms with Crippen LogP contribution in [0.15, 0.2) is 41.0 Å². The lowest BCUT2D eigenvalue weighted by molar-refractivity contribution is -0.926. The number of quaternary nitrogens is 1.